The average Bonchev–Trinajstić information content (AvgIpc) is 2.96. The second-order valence-electron chi connectivity index (χ2n) is 6.30. The lowest BCUT2D eigenvalue weighted by Crippen LogP contribution is -2.27. The first-order valence-electron chi connectivity index (χ1n) is 8.82. The highest BCUT2D eigenvalue weighted by Crippen LogP contribution is 2.37. The number of imide groups is 1. The number of hydrogen-bond acceptors (Lipinski definition) is 5. The number of amides is 2. The maximum Gasteiger partial charge on any atom is 0.293 e. The molecule has 1 aliphatic heterocycles. The van der Waals surface area contributed by atoms with Gasteiger partial charge in [0.15, 0.2) is 11.5 Å². The zero-order valence-corrected chi connectivity index (χ0v) is 16.9. The van der Waals surface area contributed by atoms with Crippen LogP contribution in [0.2, 0.25) is 0 Å². The smallest absolute Gasteiger partial charge is 0.293 e. The van der Waals surface area contributed by atoms with E-state index in [1.165, 1.54) is 19.2 Å². The molecule has 0 saturated carbocycles. The Morgan fingerprint density at radius 2 is 1.86 bits per heavy atom. The van der Waals surface area contributed by atoms with E-state index in [1.54, 1.807) is 37.5 Å². The van der Waals surface area contributed by atoms with Crippen LogP contribution in [0.3, 0.4) is 0 Å². The van der Waals surface area contributed by atoms with Gasteiger partial charge in [-0.2, -0.15) is 0 Å². The maximum absolute atomic E-state index is 13.1. The summed E-state index contributed by atoms with van der Waals surface area (Å²) < 4.78 is 23.9. The van der Waals surface area contributed by atoms with Crippen LogP contribution in [0, 0.1) is 5.82 Å². The Balaban J connectivity index is 1.89. The third-order valence-electron chi connectivity index (χ3n) is 4.37. The van der Waals surface area contributed by atoms with Crippen molar-refractivity contribution in [3.63, 3.8) is 0 Å². The van der Waals surface area contributed by atoms with Crippen LogP contribution in [0.5, 0.6) is 11.5 Å². The molecule has 2 amide bonds. The van der Waals surface area contributed by atoms with E-state index in [0.29, 0.717) is 34.0 Å². The predicted molar refractivity (Wildman–Crippen MR) is 111 cm³/mol. The fraction of sp³-hybridized carbons (Fsp3) is 0.182. The van der Waals surface area contributed by atoms with Crippen LogP contribution in [0.4, 0.5) is 9.18 Å². The molecule has 0 aromatic heterocycles. The molecular formula is C22H20FNO4S. The Morgan fingerprint density at radius 1 is 1.14 bits per heavy atom. The number of methoxy groups -OCH3 is 2. The minimum absolute atomic E-state index is 0.0932. The van der Waals surface area contributed by atoms with Crippen LogP contribution in [-0.2, 0) is 17.8 Å². The molecule has 1 saturated heterocycles. The number of carbonyl (C=O) groups excluding carboxylic acids is 2. The molecule has 0 radical (unpaired) electrons. The molecule has 0 atom stereocenters. The highest BCUT2D eigenvalue weighted by molar-refractivity contribution is 8.18. The number of allylic oxidation sites excluding steroid dienone is 1. The normalized spacial score (nSPS) is 15.1. The minimum Gasteiger partial charge on any atom is -0.493 e. The Labute approximate surface area is 172 Å². The summed E-state index contributed by atoms with van der Waals surface area (Å²) >= 11 is 0.874. The van der Waals surface area contributed by atoms with Crippen molar-refractivity contribution in [2.75, 3.05) is 14.2 Å². The summed E-state index contributed by atoms with van der Waals surface area (Å²) in [4.78, 5) is 26.6. The summed E-state index contributed by atoms with van der Waals surface area (Å²) in [5, 5.41) is -0.364. The second kappa shape index (κ2) is 8.96. The molecular weight excluding hydrogens is 393 g/mol. The number of halogens is 1. The molecule has 7 heteroatoms. The van der Waals surface area contributed by atoms with E-state index in [2.05, 4.69) is 6.58 Å². The van der Waals surface area contributed by atoms with E-state index in [1.807, 2.05) is 6.07 Å². The molecule has 0 spiro atoms. The molecule has 5 nitrogen and oxygen atoms in total. The van der Waals surface area contributed by atoms with Crippen LogP contribution in [0.15, 0.2) is 54.0 Å². The van der Waals surface area contributed by atoms with Crippen molar-refractivity contribution in [3.05, 3.63) is 76.5 Å². The van der Waals surface area contributed by atoms with Gasteiger partial charge in [0.2, 0.25) is 0 Å². The third kappa shape index (κ3) is 4.51. The van der Waals surface area contributed by atoms with Gasteiger partial charge in [0.05, 0.1) is 25.7 Å². The van der Waals surface area contributed by atoms with Crippen LogP contribution in [0.1, 0.15) is 16.7 Å². The first kappa shape index (κ1) is 20.7. The average molecular weight is 413 g/mol. The Bertz CT molecular complexity index is 985. The number of ether oxygens (including phenoxy) is 2. The van der Waals surface area contributed by atoms with E-state index in [9.17, 15) is 14.0 Å². The molecule has 0 aliphatic carbocycles. The van der Waals surface area contributed by atoms with Gasteiger partial charge in [0, 0.05) is 5.56 Å². The minimum atomic E-state index is -0.385. The molecule has 0 bridgehead atoms. The summed E-state index contributed by atoms with van der Waals surface area (Å²) in [6.07, 6.45) is 3.97. The van der Waals surface area contributed by atoms with Crippen LogP contribution >= 0.6 is 11.8 Å². The maximum atomic E-state index is 13.1. The van der Waals surface area contributed by atoms with Crippen molar-refractivity contribution in [2.24, 2.45) is 0 Å². The molecule has 150 valence electrons. The first-order valence-corrected chi connectivity index (χ1v) is 9.64. The first-order chi connectivity index (χ1) is 14.0. The van der Waals surface area contributed by atoms with Crippen molar-refractivity contribution in [2.45, 2.75) is 13.0 Å². The molecule has 3 rings (SSSR count). The Kier molecular flexibility index (Phi) is 6.39. The number of benzene rings is 2. The van der Waals surface area contributed by atoms with Crippen molar-refractivity contribution in [1.29, 1.82) is 0 Å². The summed E-state index contributed by atoms with van der Waals surface area (Å²) in [7, 11) is 3.10. The number of rotatable bonds is 7. The second-order valence-corrected chi connectivity index (χ2v) is 7.30. The van der Waals surface area contributed by atoms with E-state index in [-0.39, 0.29) is 23.5 Å². The fourth-order valence-corrected chi connectivity index (χ4v) is 3.86. The van der Waals surface area contributed by atoms with Gasteiger partial charge in [-0.3, -0.25) is 14.5 Å². The van der Waals surface area contributed by atoms with Gasteiger partial charge >= 0.3 is 0 Å². The summed E-state index contributed by atoms with van der Waals surface area (Å²) in [5.41, 5.74) is 2.25. The molecule has 1 fully saturated rings. The molecule has 0 N–H and O–H groups in total. The lowest BCUT2D eigenvalue weighted by molar-refractivity contribution is -0.123. The topological polar surface area (TPSA) is 55.8 Å². The number of carbonyl (C=O) groups is 2. The highest BCUT2D eigenvalue weighted by Gasteiger charge is 2.35. The van der Waals surface area contributed by atoms with Crippen LogP contribution < -0.4 is 9.47 Å². The molecule has 0 unspecified atom stereocenters. The highest BCUT2D eigenvalue weighted by atomic mass is 32.2. The monoisotopic (exact) mass is 413 g/mol. The zero-order valence-electron chi connectivity index (χ0n) is 16.1. The van der Waals surface area contributed by atoms with E-state index in [0.717, 1.165) is 22.2 Å². The zero-order chi connectivity index (χ0) is 21.0. The molecule has 1 aliphatic rings. The number of hydrogen-bond donors (Lipinski definition) is 0. The SMILES string of the molecule is C=CCc1cc(/C=C2\SC(=O)N(Cc3ccc(F)cc3)C2=O)cc(OC)c1OC. The van der Waals surface area contributed by atoms with Gasteiger partial charge in [0.25, 0.3) is 11.1 Å². The van der Waals surface area contributed by atoms with Crippen LogP contribution in [-0.4, -0.2) is 30.3 Å². The van der Waals surface area contributed by atoms with E-state index >= 15 is 0 Å². The fourth-order valence-electron chi connectivity index (χ4n) is 3.02. The molecule has 2 aromatic rings. The number of nitrogens with zero attached hydrogens (tertiary/aromatic N) is 1. The summed E-state index contributed by atoms with van der Waals surface area (Å²) in [6.45, 7) is 3.85. The van der Waals surface area contributed by atoms with E-state index < -0.39 is 0 Å². The molecule has 2 aromatic carbocycles. The quantitative estimate of drug-likeness (QED) is 0.482. The summed E-state index contributed by atoms with van der Waals surface area (Å²) in [6, 6.07) is 9.33. The predicted octanol–water partition coefficient (Wildman–Crippen LogP) is 4.81. The Morgan fingerprint density at radius 3 is 2.48 bits per heavy atom. The third-order valence-corrected chi connectivity index (χ3v) is 5.28. The van der Waals surface area contributed by atoms with Gasteiger partial charge < -0.3 is 9.47 Å². The Hall–Kier alpha value is -3.06. The van der Waals surface area contributed by atoms with Crippen LogP contribution in [0.25, 0.3) is 6.08 Å². The van der Waals surface area contributed by atoms with Crippen molar-refractivity contribution >= 4 is 29.0 Å². The van der Waals surface area contributed by atoms with Crippen molar-refractivity contribution < 1.29 is 23.5 Å². The number of thioether (sulfide) groups is 1. The van der Waals surface area contributed by atoms with Gasteiger partial charge in [-0.1, -0.05) is 18.2 Å². The van der Waals surface area contributed by atoms with E-state index in [4.69, 9.17) is 9.47 Å². The standard InChI is InChI=1S/C22H20FNO4S/c1-4-5-16-10-15(11-18(27-2)20(16)28-3)12-19-21(25)24(22(26)29-19)13-14-6-8-17(23)9-7-14/h4,6-12H,1,5,13H2,2-3H3/b19-12-. The van der Waals surface area contributed by atoms with Gasteiger partial charge in [-0.15, -0.1) is 6.58 Å². The van der Waals surface area contributed by atoms with Gasteiger partial charge in [0.1, 0.15) is 5.82 Å². The lowest BCUT2D eigenvalue weighted by Gasteiger charge is -2.13. The van der Waals surface area contributed by atoms with Gasteiger partial charge in [-0.25, -0.2) is 4.39 Å². The van der Waals surface area contributed by atoms with Crippen molar-refractivity contribution in [1.82, 2.24) is 4.90 Å². The lowest BCUT2D eigenvalue weighted by atomic mass is 10.0. The molecule has 1 heterocycles. The summed E-state index contributed by atoms with van der Waals surface area (Å²) in [5.74, 6) is 0.383. The van der Waals surface area contributed by atoms with Gasteiger partial charge in [-0.05, 0) is 59.7 Å². The largest absolute Gasteiger partial charge is 0.493 e. The molecule has 29 heavy (non-hydrogen) atoms. The van der Waals surface area contributed by atoms with Crippen molar-refractivity contribution in [3.8, 4) is 11.5 Å².